The molecular weight excluding hydrogens is 408 g/mol. The maximum atomic E-state index is 12.5. The van der Waals surface area contributed by atoms with Crippen molar-refractivity contribution in [3.63, 3.8) is 0 Å². The summed E-state index contributed by atoms with van der Waals surface area (Å²) in [4.78, 5) is 23.7. The van der Waals surface area contributed by atoms with Crippen molar-refractivity contribution in [3.8, 4) is 5.69 Å². The van der Waals surface area contributed by atoms with Gasteiger partial charge in [-0.15, -0.1) is 10.2 Å². The number of carbonyl (C=O) groups is 2. The highest BCUT2D eigenvalue weighted by molar-refractivity contribution is 7.99. The Morgan fingerprint density at radius 3 is 2.59 bits per heavy atom. The molecule has 1 aromatic heterocycles. The van der Waals surface area contributed by atoms with Gasteiger partial charge in [0, 0.05) is 30.5 Å². The largest absolute Gasteiger partial charge is 0.356 e. The lowest BCUT2D eigenvalue weighted by molar-refractivity contribution is -0.118. The first-order valence-corrected chi connectivity index (χ1v) is 10.5. The van der Waals surface area contributed by atoms with Crippen molar-refractivity contribution in [2.24, 2.45) is 0 Å². The Morgan fingerprint density at radius 2 is 1.90 bits per heavy atom. The van der Waals surface area contributed by atoms with E-state index in [1.807, 2.05) is 54.0 Å². The molecule has 0 saturated carbocycles. The van der Waals surface area contributed by atoms with Crippen LogP contribution in [0.4, 0.5) is 0 Å². The average molecular weight is 429 g/mol. The second-order valence-corrected chi connectivity index (χ2v) is 7.90. The van der Waals surface area contributed by atoms with Crippen LogP contribution in [-0.2, 0) is 11.2 Å². The van der Waals surface area contributed by atoms with Crippen molar-refractivity contribution < 1.29 is 9.59 Å². The Kier molecular flexibility index (Phi) is 7.06. The van der Waals surface area contributed by atoms with Crippen LogP contribution >= 0.6 is 23.4 Å². The summed E-state index contributed by atoms with van der Waals surface area (Å²) in [6.45, 7) is 3.90. The zero-order chi connectivity index (χ0) is 20.8. The first-order valence-electron chi connectivity index (χ1n) is 9.11. The number of ketones is 1. The highest BCUT2D eigenvalue weighted by atomic mass is 35.5. The first kappa shape index (κ1) is 21.1. The topological polar surface area (TPSA) is 76.9 Å². The molecule has 0 saturated heterocycles. The van der Waals surface area contributed by atoms with Crippen LogP contribution in [-0.4, -0.2) is 38.8 Å². The Bertz CT molecular complexity index is 1020. The molecule has 0 spiro atoms. The predicted molar refractivity (Wildman–Crippen MR) is 115 cm³/mol. The third kappa shape index (κ3) is 5.68. The van der Waals surface area contributed by atoms with Crippen LogP contribution in [0.1, 0.15) is 28.7 Å². The first-order chi connectivity index (χ1) is 13.9. The van der Waals surface area contributed by atoms with Crippen LogP contribution in [0.2, 0.25) is 5.02 Å². The summed E-state index contributed by atoms with van der Waals surface area (Å²) in [7, 11) is 0. The molecule has 3 rings (SSSR count). The number of hydrogen-bond donors (Lipinski definition) is 1. The summed E-state index contributed by atoms with van der Waals surface area (Å²) in [5.41, 5.74) is 2.59. The van der Waals surface area contributed by atoms with Gasteiger partial charge in [0.05, 0.1) is 11.4 Å². The lowest BCUT2D eigenvalue weighted by atomic mass is 10.1. The number of rotatable bonds is 8. The fourth-order valence-electron chi connectivity index (χ4n) is 2.73. The minimum absolute atomic E-state index is 0.0236. The molecule has 1 amide bonds. The summed E-state index contributed by atoms with van der Waals surface area (Å²) in [5, 5.41) is 12.5. The third-order valence-corrected chi connectivity index (χ3v) is 5.36. The fourth-order valence-corrected chi connectivity index (χ4v) is 3.78. The number of aromatic nitrogens is 3. The van der Waals surface area contributed by atoms with Gasteiger partial charge in [0.15, 0.2) is 10.9 Å². The van der Waals surface area contributed by atoms with Crippen LogP contribution in [0.25, 0.3) is 5.69 Å². The van der Waals surface area contributed by atoms with Gasteiger partial charge in [-0.2, -0.15) is 0 Å². The van der Waals surface area contributed by atoms with E-state index in [0.29, 0.717) is 34.5 Å². The molecule has 0 aliphatic rings. The van der Waals surface area contributed by atoms with E-state index in [1.165, 1.54) is 18.7 Å². The van der Waals surface area contributed by atoms with Gasteiger partial charge in [0.1, 0.15) is 5.82 Å². The van der Waals surface area contributed by atoms with Crippen LogP contribution in [0.15, 0.2) is 53.7 Å². The summed E-state index contributed by atoms with van der Waals surface area (Å²) in [6, 6.07) is 14.9. The second kappa shape index (κ2) is 9.71. The Balaban J connectivity index is 1.81. The Morgan fingerprint density at radius 1 is 1.14 bits per heavy atom. The smallest absolute Gasteiger partial charge is 0.216 e. The van der Waals surface area contributed by atoms with E-state index in [9.17, 15) is 9.59 Å². The quantitative estimate of drug-likeness (QED) is 0.435. The molecule has 6 nitrogen and oxygen atoms in total. The lowest BCUT2D eigenvalue weighted by Crippen LogP contribution is -2.23. The van der Waals surface area contributed by atoms with E-state index in [4.69, 9.17) is 11.6 Å². The normalized spacial score (nSPS) is 10.7. The van der Waals surface area contributed by atoms with Crippen LogP contribution in [0.5, 0.6) is 0 Å². The SMILES string of the molecule is CC(=O)NCCc1nnc(SCC(=O)c2ccc(C)cc2)n1-c1cccc(Cl)c1. The minimum atomic E-state index is -0.0999. The summed E-state index contributed by atoms with van der Waals surface area (Å²) < 4.78 is 1.88. The third-order valence-electron chi connectivity index (χ3n) is 4.20. The molecule has 2 aromatic carbocycles. The Labute approximate surface area is 178 Å². The van der Waals surface area contributed by atoms with Gasteiger partial charge in [-0.3, -0.25) is 14.2 Å². The number of thioether (sulfide) groups is 1. The van der Waals surface area contributed by atoms with Gasteiger partial charge in [-0.25, -0.2) is 0 Å². The molecule has 0 aliphatic heterocycles. The molecule has 29 heavy (non-hydrogen) atoms. The average Bonchev–Trinajstić information content (AvgIpc) is 3.09. The van der Waals surface area contributed by atoms with Crippen molar-refractivity contribution in [1.82, 2.24) is 20.1 Å². The van der Waals surface area contributed by atoms with Gasteiger partial charge in [0.25, 0.3) is 0 Å². The van der Waals surface area contributed by atoms with Crippen LogP contribution in [0, 0.1) is 6.92 Å². The van der Waals surface area contributed by atoms with Crippen LogP contribution in [0.3, 0.4) is 0 Å². The molecule has 1 N–H and O–H groups in total. The monoisotopic (exact) mass is 428 g/mol. The second-order valence-electron chi connectivity index (χ2n) is 6.52. The number of amides is 1. The molecule has 3 aromatic rings. The molecule has 0 unspecified atom stereocenters. The maximum Gasteiger partial charge on any atom is 0.216 e. The molecule has 0 aliphatic carbocycles. The van der Waals surface area contributed by atoms with E-state index in [-0.39, 0.29) is 17.4 Å². The number of benzene rings is 2. The summed E-state index contributed by atoms with van der Waals surface area (Å²) in [6.07, 6.45) is 0.506. The van der Waals surface area contributed by atoms with E-state index >= 15 is 0 Å². The highest BCUT2D eigenvalue weighted by Crippen LogP contribution is 2.25. The van der Waals surface area contributed by atoms with Gasteiger partial charge < -0.3 is 5.32 Å². The van der Waals surface area contributed by atoms with Gasteiger partial charge in [-0.1, -0.05) is 59.3 Å². The number of aryl methyl sites for hydroxylation is 1. The van der Waals surface area contributed by atoms with Crippen molar-refractivity contribution in [1.29, 1.82) is 0 Å². The number of halogens is 1. The van der Waals surface area contributed by atoms with Crippen molar-refractivity contribution in [3.05, 3.63) is 70.5 Å². The number of nitrogens with zero attached hydrogens (tertiary/aromatic N) is 3. The van der Waals surface area contributed by atoms with E-state index < -0.39 is 0 Å². The zero-order valence-electron chi connectivity index (χ0n) is 16.2. The number of carbonyl (C=O) groups excluding carboxylic acids is 2. The van der Waals surface area contributed by atoms with Gasteiger partial charge in [0.2, 0.25) is 5.91 Å². The van der Waals surface area contributed by atoms with E-state index in [2.05, 4.69) is 15.5 Å². The predicted octanol–water partition coefficient (Wildman–Crippen LogP) is 3.88. The minimum Gasteiger partial charge on any atom is -0.356 e. The maximum absolute atomic E-state index is 12.5. The van der Waals surface area contributed by atoms with Crippen molar-refractivity contribution >= 4 is 35.1 Å². The molecular formula is C21H21ClN4O2S. The summed E-state index contributed by atoms with van der Waals surface area (Å²) in [5.74, 6) is 0.854. The van der Waals surface area contributed by atoms with E-state index in [0.717, 1.165) is 11.3 Å². The van der Waals surface area contributed by atoms with Crippen LogP contribution < -0.4 is 5.32 Å². The van der Waals surface area contributed by atoms with Crippen molar-refractivity contribution in [2.45, 2.75) is 25.4 Å². The summed E-state index contributed by atoms with van der Waals surface area (Å²) >= 11 is 7.49. The van der Waals surface area contributed by atoms with E-state index in [1.54, 1.807) is 6.07 Å². The fraction of sp³-hybridized carbons (Fsp3) is 0.238. The van der Waals surface area contributed by atoms with Crippen molar-refractivity contribution in [2.75, 3.05) is 12.3 Å². The lowest BCUT2D eigenvalue weighted by Gasteiger charge is -2.11. The zero-order valence-corrected chi connectivity index (χ0v) is 17.8. The molecule has 1 heterocycles. The molecule has 0 bridgehead atoms. The number of hydrogen-bond acceptors (Lipinski definition) is 5. The highest BCUT2D eigenvalue weighted by Gasteiger charge is 2.17. The van der Waals surface area contributed by atoms with Gasteiger partial charge in [-0.05, 0) is 25.1 Å². The number of nitrogens with one attached hydrogen (secondary N) is 1. The standard InChI is InChI=1S/C21H21ClN4O2S/c1-14-6-8-16(9-7-14)19(28)13-29-21-25-24-20(10-11-23-15(2)27)26(21)18-5-3-4-17(22)12-18/h3-9,12H,10-11,13H2,1-2H3,(H,23,27). The number of Topliss-reactive ketones (excluding diaryl/α,β-unsaturated/α-hetero) is 1. The Hall–Kier alpha value is -2.64. The molecule has 0 fully saturated rings. The molecule has 0 radical (unpaired) electrons. The molecule has 8 heteroatoms. The molecule has 0 atom stereocenters. The molecule has 150 valence electrons. The van der Waals surface area contributed by atoms with Gasteiger partial charge >= 0.3 is 0 Å².